The Morgan fingerprint density at radius 2 is 0.674 bits per heavy atom. The summed E-state index contributed by atoms with van der Waals surface area (Å²) in [6.45, 7) is 48.2. The first-order valence-corrected chi connectivity index (χ1v) is 31.9. The van der Waals surface area contributed by atoms with Crippen LogP contribution in [0.15, 0.2) is 121 Å². The van der Waals surface area contributed by atoms with Gasteiger partial charge in [0.2, 0.25) is 0 Å². The molecule has 468 valence electrons. The summed E-state index contributed by atoms with van der Waals surface area (Å²) in [5.41, 5.74) is 13.3. The molecular formula is C81H96F2N2O4. The molecule has 0 aliphatic heterocycles. The predicted octanol–water partition coefficient (Wildman–Crippen LogP) is 22.6. The van der Waals surface area contributed by atoms with Gasteiger partial charge in [-0.15, -0.1) is 0 Å². The van der Waals surface area contributed by atoms with Crippen LogP contribution in [0, 0.1) is 43.2 Å². The second kappa shape index (κ2) is 22.4. The summed E-state index contributed by atoms with van der Waals surface area (Å²) < 4.78 is 50.5. The van der Waals surface area contributed by atoms with Gasteiger partial charge in [0.15, 0.2) is 0 Å². The Kier molecular flexibility index (Phi) is 16.2. The summed E-state index contributed by atoms with van der Waals surface area (Å²) >= 11 is 0. The molecule has 0 saturated heterocycles. The SMILES string of the molecule is Cc1ccc2c(c1)c1cc(C(C)(C)C)ccc1n2-c1cc(C(C)(C)CC(C)(C)C)cc(-c2cc(F)cc(C)c2OCCOc2c(C)cc(F)cc2-c2cc(C(C)(C)CC(C)(C)C)cc(-n3c4ccc(C(C)(C)C)cc4c4cc(C(C)(C)C)ccc43)c2O)c1O. The van der Waals surface area contributed by atoms with Crippen molar-refractivity contribution in [1.29, 1.82) is 0 Å². The van der Waals surface area contributed by atoms with Crippen LogP contribution in [0.2, 0.25) is 0 Å². The van der Waals surface area contributed by atoms with Crippen LogP contribution in [0.25, 0.3) is 77.2 Å². The van der Waals surface area contributed by atoms with Crippen molar-refractivity contribution >= 4 is 43.6 Å². The average molecular weight is 1200 g/mol. The minimum atomic E-state index is -0.466. The number of aromatic hydroxyl groups is 2. The van der Waals surface area contributed by atoms with Crippen molar-refractivity contribution in [3.8, 4) is 56.6 Å². The maximum Gasteiger partial charge on any atom is 0.147 e. The third-order valence-corrected chi connectivity index (χ3v) is 18.1. The molecule has 8 heteroatoms. The summed E-state index contributed by atoms with van der Waals surface area (Å²) in [5, 5.41) is 30.5. The van der Waals surface area contributed by atoms with Gasteiger partial charge in [-0.2, -0.15) is 0 Å². The van der Waals surface area contributed by atoms with E-state index in [0.29, 0.717) is 56.3 Å². The Morgan fingerprint density at radius 1 is 0.360 bits per heavy atom. The van der Waals surface area contributed by atoms with Gasteiger partial charge in [-0.25, -0.2) is 8.78 Å². The summed E-state index contributed by atoms with van der Waals surface area (Å²) in [6.07, 6.45) is 1.65. The molecule has 0 bridgehead atoms. The third kappa shape index (κ3) is 12.7. The Balaban J connectivity index is 1.09. The van der Waals surface area contributed by atoms with E-state index in [-0.39, 0.29) is 57.2 Å². The van der Waals surface area contributed by atoms with Gasteiger partial charge in [-0.1, -0.05) is 161 Å². The van der Waals surface area contributed by atoms with Crippen LogP contribution in [-0.4, -0.2) is 32.6 Å². The van der Waals surface area contributed by atoms with Crippen molar-refractivity contribution in [1.82, 2.24) is 9.13 Å². The van der Waals surface area contributed by atoms with Gasteiger partial charge in [-0.05, 0) is 208 Å². The Bertz CT molecular complexity index is 4350. The standard InChI is InChI=1S/C81H96F2N2O4/c1-47-23-27-65-57(33-47)58-36-50(77(10,11)12)24-28-66(58)84(65)69-41-53(80(19,20)45-75(4,5)6)39-61(71(69)86)63-43-55(82)34-48(2)73(63)88-31-32-89-74-49(3)35-56(83)44-64(74)62-40-54(81(21,22)46-76(7,8)9)42-70(72(62)87)85-67-29-25-51(78(13,14)15)37-59(67)60-38-52(79(16,17)18)26-30-68(60)85/h23-30,33-44,86-87H,31-32,45-46H2,1-22H3. The molecule has 2 heterocycles. The number of benzene rings is 8. The van der Waals surface area contributed by atoms with Crippen molar-refractivity contribution in [3.05, 3.63) is 177 Å². The topological polar surface area (TPSA) is 68.8 Å². The first-order chi connectivity index (χ1) is 41.1. The van der Waals surface area contributed by atoms with E-state index in [1.165, 1.54) is 41.0 Å². The largest absolute Gasteiger partial charge is 0.505 e. The van der Waals surface area contributed by atoms with Crippen LogP contribution in [0.4, 0.5) is 8.78 Å². The van der Waals surface area contributed by atoms with E-state index in [2.05, 4.69) is 233 Å². The zero-order valence-corrected chi connectivity index (χ0v) is 57.2. The van der Waals surface area contributed by atoms with Crippen LogP contribution >= 0.6 is 0 Å². The fourth-order valence-corrected chi connectivity index (χ4v) is 14.2. The minimum Gasteiger partial charge on any atom is -0.505 e. The van der Waals surface area contributed by atoms with Crippen molar-refractivity contribution in [2.75, 3.05) is 13.2 Å². The monoisotopic (exact) mass is 1200 g/mol. The first kappa shape index (κ1) is 64.4. The third-order valence-electron chi connectivity index (χ3n) is 18.1. The van der Waals surface area contributed by atoms with E-state index in [1.54, 1.807) is 0 Å². The molecular weight excluding hydrogens is 1100 g/mol. The second-order valence-electron chi connectivity index (χ2n) is 32.6. The van der Waals surface area contributed by atoms with Gasteiger partial charge in [0.05, 0.1) is 33.4 Å². The first-order valence-electron chi connectivity index (χ1n) is 31.9. The average Bonchev–Trinajstić information content (AvgIpc) is 1.64. The molecule has 0 aliphatic carbocycles. The van der Waals surface area contributed by atoms with Crippen LogP contribution < -0.4 is 9.47 Å². The van der Waals surface area contributed by atoms with Crippen LogP contribution in [0.5, 0.6) is 23.0 Å². The molecule has 0 saturated carbocycles. The van der Waals surface area contributed by atoms with Gasteiger partial charge in [0, 0.05) is 43.8 Å². The van der Waals surface area contributed by atoms with E-state index in [9.17, 15) is 10.2 Å². The van der Waals surface area contributed by atoms with Crippen molar-refractivity contribution in [2.45, 2.75) is 192 Å². The molecule has 0 aliphatic rings. The van der Waals surface area contributed by atoms with E-state index in [1.807, 2.05) is 26.0 Å². The highest BCUT2D eigenvalue weighted by molar-refractivity contribution is 6.11. The van der Waals surface area contributed by atoms with Crippen molar-refractivity contribution in [2.24, 2.45) is 10.8 Å². The molecule has 8 aromatic carbocycles. The van der Waals surface area contributed by atoms with Crippen molar-refractivity contribution in [3.63, 3.8) is 0 Å². The number of fused-ring (bicyclic) bond motifs is 6. The normalized spacial score (nSPS) is 13.2. The predicted molar refractivity (Wildman–Crippen MR) is 371 cm³/mol. The van der Waals surface area contributed by atoms with Gasteiger partial charge in [-0.3, -0.25) is 0 Å². The number of rotatable bonds is 13. The number of halogens is 2. The lowest BCUT2D eigenvalue weighted by atomic mass is 9.71. The summed E-state index contributed by atoms with van der Waals surface area (Å²) in [6, 6.07) is 40.5. The highest BCUT2D eigenvalue weighted by atomic mass is 19.1. The molecule has 2 aromatic heterocycles. The number of aryl methyl sites for hydroxylation is 3. The maximum atomic E-state index is 16.3. The van der Waals surface area contributed by atoms with Crippen LogP contribution in [0.3, 0.4) is 0 Å². The van der Waals surface area contributed by atoms with Crippen molar-refractivity contribution < 1.29 is 28.5 Å². The maximum absolute atomic E-state index is 16.3. The molecule has 0 unspecified atom stereocenters. The molecule has 89 heavy (non-hydrogen) atoms. The highest BCUT2D eigenvalue weighted by Crippen LogP contribution is 2.51. The summed E-state index contributed by atoms with van der Waals surface area (Å²) in [5.74, 6) is -0.141. The fourth-order valence-electron chi connectivity index (χ4n) is 14.2. The number of phenols is 2. The fraction of sp³-hybridized carbons (Fsp3) is 0.407. The zero-order chi connectivity index (χ0) is 65.2. The number of hydrogen-bond donors (Lipinski definition) is 2. The summed E-state index contributed by atoms with van der Waals surface area (Å²) in [4.78, 5) is 0. The second-order valence-corrected chi connectivity index (χ2v) is 32.6. The van der Waals surface area contributed by atoms with Crippen LogP contribution in [0.1, 0.15) is 189 Å². The number of nitrogens with zero attached hydrogens (tertiary/aromatic N) is 2. The smallest absolute Gasteiger partial charge is 0.147 e. The van der Waals surface area contributed by atoms with Gasteiger partial charge >= 0.3 is 0 Å². The molecule has 0 fully saturated rings. The lowest BCUT2D eigenvalue weighted by molar-refractivity contribution is 0.216. The van der Waals surface area contributed by atoms with Gasteiger partial charge < -0.3 is 28.8 Å². The molecule has 0 amide bonds. The Labute approximate surface area is 528 Å². The van der Waals surface area contributed by atoms with E-state index >= 15 is 8.78 Å². The van der Waals surface area contributed by atoms with Gasteiger partial charge in [0.1, 0.15) is 47.8 Å². The quantitative estimate of drug-likeness (QED) is 0.113. The van der Waals surface area contributed by atoms with Crippen LogP contribution in [-0.2, 0) is 27.1 Å². The zero-order valence-electron chi connectivity index (χ0n) is 57.2. The number of hydrogen-bond acceptors (Lipinski definition) is 4. The molecule has 10 rings (SSSR count). The molecule has 6 nitrogen and oxygen atoms in total. The molecule has 0 radical (unpaired) electrons. The lowest BCUT2D eigenvalue weighted by Crippen LogP contribution is -2.25. The van der Waals surface area contributed by atoms with E-state index < -0.39 is 17.0 Å². The van der Waals surface area contributed by atoms with Gasteiger partial charge in [0.25, 0.3) is 0 Å². The molecule has 2 N–H and O–H groups in total. The Hall–Kier alpha value is -7.58. The minimum absolute atomic E-state index is 0.00482. The summed E-state index contributed by atoms with van der Waals surface area (Å²) in [7, 11) is 0. The Morgan fingerprint density at radius 3 is 0.989 bits per heavy atom. The molecule has 10 aromatic rings. The van der Waals surface area contributed by atoms with E-state index in [4.69, 9.17) is 9.47 Å². The number of phenolic OH excluding ortho intramolecular Hbond substituents is 2. The highest BCUT2D eigenvalue weighted by Gasteiger charge is 2.34. The number of aromatic nitrogens is 2. The number of ether oxygens (including phenoxy) is 2. The lowest BCUT2D eigenvalue weighted by Gasteiger charge is -2.34. The molecule has 0 atom stereocenters. The molecule has 0 spiro atoms. The van der Waals surface area contributed by atoms with E-state index in [0.717, 1.165) is 73.1 Å².